The molecule has 11 heteroatoms. The van der Waals surface area contributed by atoms with Crippen molar-refractivity contribution in [3.8, 4) is 39.7 Å². The van der Waals surface area contributed by atoms with E-state index in [0.29, 0.717) is 51.1 Å². The number of amides is 2. The van der Waals surface area contributed by atoms with Crippen molar-refractivity contribution in [2.45, 2.75) is 0 Å². The van der Waals surface area contributed by atoms with Gasteiger partial charge in [0.25, 0.3) is 5.91 Å². The second-order valence-electron chi connectivity index (χ2n) is 10.1. The molecule has 0 unspecified atom stereocenters. The topological polar surface area (TPSA) is 107 Å². The van der Waals surface area contributed by atoms with E-state index >= 15 is 0 Å². The number of fused-ring (bicyclic) bond motifs is 2. The summed E-state index contributed by atoms with van der Waals surface area (Å²) in [6, 6.07) is 18.7. The maximum absolute atomic E-state index is 14.5. The Balaban J connectivity index is 1.61. The summed E-state index contributed by atoms with van der Waals surface area (Å²) in [7, 11) is 4.53. The molecule has 1 N–H and O–H groups in total. The number of carbonyl (C=O) groups is 2. The van der Waals surface area contributed by atoms with Crippen LogP contribution >= 0.6 is 0 Å². The van der Waals surface area contributed by atoms with Crippen LogP contribution in [0.25, 0.3) is 56.0 Å². The Bertz CT molecular complexity index is 2050. The van der Waals surface area contributed by atoms with E-state index in [-0.39, 0.29) is 41.5 Å². The van der Waals surface area contributed by atoms with E-state index in [4.69, 9.17) is 18.3 Å². The number of hydrogen-bond acceptors (Lipinski definition) is 7. The van der Waals surface area contributed by atoms with Crippen LogP contribution in [0.5, 0.6) is 5.75 Å². The summed E-state index contributed by atoms with van der Waals surface area (Å²) in [6.07, 6.45) is 0.682. The Kier molecular flexibility index (Phi) is 8.01. The Hall–Kier alpha value is -5.55. The molecule has 0 aliphatic heterocycles. The van der Waals surface area contributed by atoms with E-state index in [2.05, 4.69) is 10.3 Å². The zero-order valence-electron chi connectivity index (χ0n) is 24.5. The molecule has 9 nitrogen and oxygen atoms in total. The third-order valence-corrected chi connectivity index (χ3v) is 7.45. The van der Waals surface area contributed by atoms with Crippen molar-refractivity contribution in [2.75, 3.05) is 39.3 Å². The normalized spacial score (nSPS) is 11.2. The molecule has 6 aromatic rings. The molecule has 0 radical (unpaired) electrons. The van der Waals surface area contributed by atoms with Crippen LogP contribution in [0.1, 0.15) is 10.4 Å². The number of oxazole rings is 1. The number of rotatable bonds is 10. The van der Waals surface area contributed by atoms with Crippen LogP contribution in [0, 0.1) is 11.6 Å². The highest BCUT2D eigenvalue weighted by atomic mass is 19.1. The maximum atomic E-state index is 14.5. The minimum Gasteiger partial charge on any atom is -0.496 e. The van der Waals surface area contributed by atoms with Gasteiger partial charge in [-0.1, -0.05) is 12.1 Å². The summed E-state index contributed by atoms with van der Waals surface area (Å²) in [4.78, 5) is 31.5. The number of aromatic nitrogens is 1. The van der Waals surface area contributed by atoms with Crippen molar-refractivity contribution < 1.29 is 36.7 Å². The van der Waals surface area contributed by atoms with Gasteiger partial charge >= 0.3 is 0 Å². The second kappa shape index (κ2) is 12.2. The highest BCUT2D eigenvalue weighted by Crippen LogP contribution is 2.43. The highest BCUT2D eigenvalue weighted by molar-refractivity contribution is 6.13. The first-order valence-corrected chi connectivity index (χ1v) is 13.9. The Morgan fingerprint density at radius 2 is 1.73 bits per heavy atom. The van der Waals surface area contributed by atoms with Gasteiger partial charge in [0.05, 0.1) is 30.5 Å². The van der Waals surface area contributed by atoms with E-state index in [1.807, 2.05) is 0 Å². The molecule has 0 atom stereocenters. The molecule has 0 fully saturated rings. The zero-order chi connectivity index (χ0) is 31.7. The van der Waals surface area contributed by atoms with Crippen LogP contribution in [-0.2, 0) is 9.53 Å². The van der Waals surface area contributed by atoms with Crippen molar-refractivity contribution in [1.29, 1.82) is 0 Å². The van der Waals surface area contributed by atoms with Crippen LogP contribution in [0.4, 0.5) is 14.5 Å². The van der Waals surface area contributed by atoms with E-state index in [0.717, 1.165) is 0 Å². The molecule has 0 bridgehead atoms. The number of nitrogens with one attached hydrogen (secondary N) is 1. The third kappa shape index (κ3) is 5.38. The number of halogens is 2. The molecule has 2 amide bonds. The number of ether oxygens (including phenoxy) is 2. The Morgan fingerprint density at radius 3 is 2.42 bits per heavy atom. The van der Waals surface area contributed by atoms with Crippen molar-refractivity contribution in [2.24, 2.45) is 0 Å². The number of methoxy groups -OCH3 is 2. The summed E-state index contributed by atoms with van der Waals surface area (Å²) in [5, 5.41) is 3.12. The van der Waals surface area contributed by atoms with Gasteiger partial charge in [0.1, 0.15) is 28.4 Å². The van der Waals surface area contributed by atoms with Gasteiger partial charge in [0.15, 0.2) is 11.4 Å². The number of carbonyl (C=O) groups excluding carboxylic acids is 2. The summed E-state index contributed by atoms with van der Waals surface area (Å²) >= 11 is 0. The van der Waals surface area contributed by atoms with Crippen molar-refractivity contribution in [3.05, 3.63) is 90.0 Å². The van der Waals surface area contributed by atoms with Gasteiger partial charge in [-0.05, 0) is 60.2 Å². The Morgan fingerprint density at radius 1 is 0.956 bits per heavy atom. The molecule has 6 rings (SSSR count). The molecule has 0 aliphatic rings. The number of anilines is 1. The Labute approximate surface area is 256 Å². The summed E-state index contributed by atoms with van der Waals surface area (Å²) in [5.74, 6) is -0.571. The fraction of sp³-hybridized carbons (Fsp3) is 0.147. The van der Waals surface area contributed by atoms with Gasteiger partial charge in [-0.25, -0.2) is 13.8 Å². The number of nitrogens with zero attached hydrogens (tertiary/aromatic N) is 2. The predicted molar refractivity (Wildman–Crippen MR) is 165 cm³/mol. The second-order valence-corrected chi connectivity index (χ2v) is 10.1. The summed E-state index contributed by atoms with van der Waals surface area (Å²) in [6.45, 7) is 0.473. The van der Waals surface area contributed by atoms with Crippen LogP contribution in [0.2, 0.25) is 0 Å². The maximum Gasteiger partial charge on any atom is 0.255 e. The first-order valence-electron chi connectivity index (χ1n) is 13.9. The standard InChI is InChI=1S/C34H27F2N3O6/c1-37-33(41)30-23-16-22(20-9-12-27(43-3)24(15-20)34-38-31-25(36)5-4-6-28(31)45-34)26(39(18-40)13-14-42-2)17-29(23)44-32(30)19-7-10-21(35)11-8-19/h4-12,15-18H,13-14H2,1-3H3,(H,37,41). The lowest BCUT2D eigenvalue weighted by atomic mass is 9.96. The van der Waals surface area contributed by atoms with Gasteiger partial charge in [-0.2, -0.15) is 0 Å². The lowest BCUT2D eigenvalue weighted by Gasteiger charge is -2.21. The molecular formula is C34H27F2N3O6. The summed E-state index contributed by atoms with van der Waals surface area (Å²) < 4.78 is 51.2. The molecule has 4 aromatic carbocycles. The van der Waals surface area contributed by atoms with Gasteiger partial charge in [0, 0.05) is 43.3 Å². The van der Waals surface area contributed by atoms with Crippen molar-refractivity contribution >= 4 is 40.1 Å². The van der Waals surface area contributed by atoms with Crippen LogP contribution in [-0.4, -0.2) is 51.7 Å². The molecular weight excluding hydrogens is 584 g/mol. The van der Waals surface area contributed by atoms with Gasteiger partial charge in [-0.3, -0.25) is 9.59 Å². The van der Waals surface area contributed by atoms with E-state index in [1.54, 1.807) is 36.4 Å². The van der Waals surface area contributed by atoms with Gasteiger partial charge < -0.3 is 28.5 Å². The highest BCUT2D eigenvalue weighted by Gasteiger charge is 2.26. The van der Waals surface area contributed by atoms with Crippen molar-refractivity contribution in [1.82, 2.24) is 10.3 Å². The molecule has 0 spiro atoms. The largest absolute Gasteiger partial charge is 0.496 e. The number of furan rings is 1. The van der Waals surface area contributed by atoms with Gasteiger partial charge in [0.2, 0.25) is 12.3 Å². The number of benzene rings is 4. The first kappa shape index (κ1) is 29.5. The minimum atomic E-state index is -0.524. The smallest absolute Gasteiger partial charge is 0.255 e. The van der Waals surface area contributed by atoms with E-state index in [9.17, 15) is 18.4 Å². The van der Waals surface area contributed by atoms with E-state index in [1.165, 1.54) is 62.6 Å². The molecule has 0 aliphatic carbocycles. The quantitative estimate of drug-likeness (QED) is 0.169. The number of hydrogen-bond donors (Lipinski definition) is 1. The predicted octanol–water partition coefficient (Wildman–Crippen LogP) is 6.83. The SMILES string of the molecule is CNC(=O)c1c(-c2ccc(F)cc2)oc2cc(N(C=O)CCOC)c(-c3ccc(OC)c(-c4nc5c(F)cccc5o4)c3)cc12. The lowest BCUT2D eigenvalue weighted by Crippen LogP contribution is -2.26. The fourth-order valence-corrected chi connectivity index (χ4v) is 5.25. The summed E-state index contributed by atoms with van der Waals surface area (Å²) in [5.41, 5.74) is 3.51. The molecule has 0 saturated heterocycles. The van der Waals surface area contributed by atoms with Crippen molar-refractivity contribution in [3.63, 3.8) is 0 Å². The third-order valence-electron chi connectivity index (χ3n) is 7.45. The first-order chi connectivity index (χ1) is 21.9. The van der Waals surface area contributed by atoms with Crippen LogP contribution < -0.4 is 15.0 Å². The molecule has 2 aromatic heterocycles. The van der Waals surface area contributed by atoms with Crippen LogP contribution in [0.15, 0.2) is 81.6 Å². The monoisotopic (exact) mass is 611 g/mol. The van der Waals surface area contributed by atoms with E-state index < -0.39 is 17.5 Å². The molecule has 228 valence electrons. The number of para-hydroxylation sites is 1. The zero-order valence-corrected chi connectivity index (χ0v) is 24.5. The van der Waals surface area contributed by atoms with Gasteiger partial charge in [-0.15, -0.1) is 0 Å². The molecule has 2 heterocycles. The fourth-order valence-electron chi connectivity index (χ4n) is 5.25. The lowest BCUT2D eigenvalue weighted by molar-refractivity contribution is -0.107. The average Bonchev–Trinajstić information content (AvgIpc) is 3.67. The molecule has 45 heavy (non-hydrogen) atoms. The van der Waals surface area contributed by atoms with Crippen LogP contribution in [0.3, 0.4) is 0 Å². The molecule has 0 saturated carbocycles. The average molecular weight is 612 g/mol. The minimum absolute atomic E-state index is 0.0794.